The van der Waals surface area contributed by atoms with Gasteiger partial charge < -0.3 is 5.32 Å². The molecular formula is C10H23N. The van der Waals surface area contributed by atoms with Crippen LogP contribution in [0.25, 0.3) is 0 Å². The Balaban J connectivity index is 3.88. The molecule has 0 heterocycles. The van der Waals surface area contributed by atoms with E-state index in [1.165, 1.54) is 12.8 Å². The molecule has 11 heavy (non-hydrogen) atoms. The Labute approximate surface area is 71.6 Å². The van der Waals surface area contributed by atoms with Gasteiger partial charge in [-0.15, -0.1) is 0 Å². The molecule has 1 unspecified atom stereocenters. The van der Waals surface area contributed by atoms with Crippen molar-refractivity contribution >= 4 is 0 Å². The summed E-state index contributed by atoms with van der Waals surface area (Å²) in [6, 6.07) is 0.678. The summed E-state index contributed by atoms with van der Waals surface area (Å²) in [5.41, 5.74) is 0.409. The molecule has 0 aliphatic rings. The lowest BCUT2D eigenvalue weighted by Crippen LogP contribution is -2.39. The van der Waals surface area contributed by atoms with Gasteiger partial charge in [-0.25, -0.2) is 0 Å². The summed E-state index contributed by atoms with van der Waals surface area (Å²) in [5, 5.41) is 3.52. The summed E-state index contributed by atoms with van der Waals surface area (Å²) in [4.78, 5) is 0. The molecule has 0 fully saturated rings. The quantitative estimate of drug-likeness (QED) is 0.661. The fraction of sp³-hybridized carbons (Fsp3) is 1.00. The average molecular weight is 157 g/mol. The van der Waals surface area contributed by atoms with Gasteiger partial charge in [0.2, 0.25) is 0 Å². The second-order valence-electron chi connectivity index (χ2n) is 4.26. The van der Waals surface area contributed by atoms with E-state index < -0.39 is 0 Å². The predicted molar refractivity (Wildman–Crippen MR) is 51.8 cm³/mol. The Bertz CT molecular complexity index is 85.5. The van der Waals surface area contributed by atoms with E-state index in [2.05, 4.69) is 39.9 Å². The van der Waals surface area contributed by atoms with Gasteiger partial charge in [-0.2, -0.15) is 0 Å². The lowest BCUT2D eigenvalue weighted by atomic mass is 9.84. The first-order chi connectivity index (χ1) is 5.02. The summed E-state index contributed by atoms with van der Waals surface area (Å²) >= 11 is 0. The Morgan fingerprint density at radius 2 is 1.73 bits per heavy atom. The maximum Gasteiger partial charge on any atom is 0.0115 e. The topological polar surface area (TPSA) is 12.0 Å². The van der Waals surface area contributed by atoms with Crippen LogP contribution in [0.15, 0.2) is 0 Å². The van der Waals surface area contributed by atoms with Crippen molar-refractivity contribution in [2.75, 3.05) is 6.54 Å². The molecule has 0 rings (SSSR count). The Morgan fingerprint density at radius 1 is 1.18 bits per heavy atom. The molecule has 0 amide bonds. The van der Waals surface area contributed by atoms with Crippen molar-refractivity contribution in [2.45, 2.75) is 53.5 Å². The van der Waals surface area contributed by atoms with Gasteiger partial charge in [0, 0.05) is 6.04 Å². The van der Waals surface area contributed by atoms with Gasteiger partial charge in [0.25, 0.3) is 0 Å². The molecule has 0 radical (unpaired) electrons. The van der Waals surface area contributed by atoms with Crippen LogP contribution in [-0.4, -0.2) is 12.6 Å². The second-order valence-corrected chi connectivity index (χ2v) is 4.26. The average Bonchev–Trinajstić information content (AvgIpc) is 1.85. The first-order valence-electron chi connectivity index (χ1n) is 4.75. The van der Waals surface area contributed by atoms with Crippen molar-refractivity contribution in [1.82, 2.24) is 5.32 Å². The van der Waals surface area contributed by atoms with Crippen LogP contribution in [0.1, 0.15) is 47.5 Å². The molecule has 0 saturated heterocycles. The number of rotatable bonds is 4. The lowest BCUT2D eigenvalue weighted by Gasteiger charge is -2.31. The molecule has 0 bridgehead atoms. The molecule has 0 aromatic rings. The Hall–Kier alpha value is -0.0400. The molecule has 0 aromatic heterocycles. The van der Waals surface area contributed by atoms with Crippen LogP contribution in [0.2, 0.25) is 0 Å². The molecule has 0 saturated carbocycles. The van der Waals surface area contributed by atoms with Gasteiger partial charge in [-0.05, 0) is 18.4 Å². The van der Waals surface area contributed by atoms with Crippen LogP contribution in [0.3, 0.4) is 0 Å². The third kappa shape index (κ3) is 4.41. The SMILES string of the molecule is CCCC(NCC)C(C)(C)C. The van der Waals surface area contributed by atoms with E-state index >= 15 is 0 Å². The third-order valence-corrected chi connectivity index (χ3v) is 2.07. The summed E-state index contributed by atoms with van der Waals surface area (Å²) < 4.78 is 0. The van der Waals surface area contributed by atoms with Gasteiger partial charge in [0.15, 0.2) is 0 Å². The fourth-order valence-corrected chi connectivity index (χ4v) is 1.38. The lowest BCUT2D eigenvalue weighted by molar-refractivity contribution is 0.257. The highest BCUT2D eigenvalue weighted by molar-refractivity contribution is 4.79. The molecule has 0 aliphatic carbocycles. The summed E-state index contributed by atoms with van der Waals surface area (Å²) in [7, 11) is 0. The van der Waals surface area contributed by atoms with Gasteiger partial charge >= 0.3 is 0 Å². The molecule has 0 aromatic carbocycles. The highest BCUT2D eigenvalue weighted by Crippen LogP contribution is 2.22. The van der Waals surface area contributed by atoms with Crippen LogP contribution in [0.5, 0.6) is 0 Å². The van der Waals surface area contributed by atoms with E-state index in [1.807, 2.05) is 0 Å². The van der Waals surface area contributed by atoms with E-state index in [1.54, 1.807) is 0 Å². The van der Waals surface area contributed by atoms with Crippen molar-refractivity contribution in [3.05, 3.63) is 0 Å². The third-order valence-electron chi connectivity index (χ3n) is 2.07. The van der Waals surface area contributed by atoms with Crippen LogP contribution in [0.4, 0.5) is 0 Å². The molecule has 1 nitrogen and oxygen atoms in total. The monoisotopic (exact) mass is 157 g/mol. The summed E-state index contributed by atoms with van der Waals surface area (Å²) in [6.07, 6.45) is 2.56. The maximum absolute atomic E-state index is 3.52. The first kappa shape index (κ1) is 11.0. The molecule has 1 heteroatoms. The van der Waals surface area contributed by atoms with Crippen molar-refractivity contribution in [3.8, 4) is 0 Å². The van der Waals surface area contributed by atoms with Crippen LogP contribution in [-0.2, 0) is 0 Å². The highest BCUT2D eigenvalue weighted by atomic mass is 14.9. The highest BCUT2D eigenvalue weighted by Gasteiger charge is 2.21. The number of nitrogens with one attached hydrogen (secondary N) is 1. The summed E-state index contributed by atoms with van der Waals surface area (Å²) in [5.74, 6) is 0. The molecule has 1 N–H and O–H groups in total. The standard InChI is InChI=1S/C10H23N/c1-6-8-9(11-7-2)10(3,4)5/h9,11H,6-8H2,1-5H3. The van der Waals surface area contributed by atoms with Crippen molar-refractivity contribution in [3.63, 3.8) is 0 Å². The fourth-order valence-electron chi connectivity index (χ4n) is 1.38. The minimum Gasteiger partial charge on any atom is -0.314 e. The van der Waals surface area contributed by atoms with E-state index in [0.29, 0.717) is 11.5 Å². The number of hydrogen-bond acceptors (Lipinski definition) is 1. The smallest absolute Gasteiger partial charge is 0.0115 e. The van der Waals surface area contributed by atoms with Gasteiger partial charge in [0.1, 0.15) is 0 Å². The molecule has 0 aliphatic heterocycles. The molecular weight excluding hydrogens is 134 g/mol. The molecule has 0 spiro atoms. The van der Waals surface area contributed by atoms with Crippen molar-refractivity contribution < 1.29 is 0 Å². The zero-order valence-corrected chi connectivity index (χ0v) is 8.70. The van der Waals surface area contributed by atoms with Crippen LogP contribution in [0, 0.1) is 5.41 Å². The molecule has 1 atom stereocenters. The predicted octanol–water partition coefficient (Wildman–Crippen LogP) is 2.81. The van der Waals surface area contributed by atoms with Crippen molar-refractivity contribution in [1.29, 1.82) is 0 Å². The van der Waals surface area contributed by atoms with E-state index in [0.717, 1.165) is 6.54 Å². The Morgan fingerprint density at radius 3 is 2.00 bits per heavy atom. The second kappa shape index (κ2) is 4.76. The largest absolute Gasteiger partial charge is 0.314 e. The maximum atomic E-state index is 3.52. The first-order valence-corrected chi connectivity index (χ1v) is 4.75. The van der Waals surface area contributed by atoms with E-state index in [9.17, 15) is 0 Å². The Kier molecular flexibility index (Phi) is 4.74. The normalized spacial score (nSPS) is 15.0. The van der Waals surface area contributed by atoms with E-state index in [-0.39, 0.29) is 0 Å². The zero-order chi connectivity index (χ0) is 8.91. The van der Waals surface area contributed by atoms with Gasteiger partial charge in [-0.1, -0.05) is 41.0 Å². The minimum atomic E-state index is 0.409. The minimum absolute atomic E-state index is 0.409. The van der Waals surface area contributed by atoms with Gasteiger partial charge in [0.05, 0.1) is 0 Å². The van der Waals surface area contributed by atoms with Gasteiger partial charge in [-0.3, -0.25) is 0 Å². The van der Waals surface area contributed by atoms with Crippen LogP contribution < -0.4 is 5.32 Å². The van der Waals surface area contributed by atoms with Crippen LogP contribution >= 0.6 is 0 Å². The number of hydrogen-bond donors (Lipinski definition) is 1. The van der Waals surface area contributed by atoms with E-state index in [4.69, 9.17) is 0 Å². The van der Waals surface area contributed by atoms with Crippen molar-refractivity contribution in [2.24, 2.45) is 5.41 Å². The zero-order valence-electron chi connectivity index (χ0n) is 8.70. The summed E-state index contributed by atoms with van der Waals surface area (Å²) in [6.45, 7) is 12.4. The molecule has 68 valence electrons.